The van der Waals surface area contributed by atoms with Crippen LogP contribution >= 0.6 is 0 Å². The van der Waals surface area contributed by atoms with E-state index in [9.17, 15) is 14.7 Å². The first-order valence-corrected chi connectivity index (χ1v) is 7.16. The summed E-state index contributed by atoms with van der Waals surface area (Å²) in [6.07, 6.45) is 5.08. The minimum Gasteiger partial charge on any atom is -0.480 e. The third-order valence-corrected chi connectivity index (χ3v) is 3.65. The fourth-order valence-corrected chi connectivity index (χ4v) is 2.72. The molecule has 1 saturated carbocycles. The molecule has 0 aromatic carbocycles. The molecule has 0 aliphatic heterocycles. The van der Waals surface area contributed by atoms with Crippen molar-refractivity contribution < 1.29 is 14.7 Å². The van der Waals surface area contributed by atoms with Gasteiger partial charge < -0.3 is 15.3 Å². The van der Waals surface area contributed by atoms with Gasteiger partial charge in [-0.15, -0.1) is 0 Å². The van der Waals surface area contributed by atoms with Crippen LogP contribution in [0.1, 0.15) is 46.0 Å². The van der Waals surface area contributed by atoms with Gasteiger partial charge in [0.25, 0.3) is 0 Å². The summed E-state index contributed by atoms with van der Waals surface area (Å²) < 4.78 is 0. The Morgan fingerprint density at radius 1 is 1.26 bits per heavy atom. The van der Waals surface area contributed by atoms with Crippen LogP contribution in [-0.4, -0.2) is 41.6 Å². The van der Waals surface area contributed by atoms with Crippen molar-refractivity contribution >= 4 is 12.0 Å². The van der Waals surface area contributed by atoms with Gasteiger partial charge in [0.15, 0.2) is 0 Å². The number of nitrogens with one attached hydrogen (secondary N) is 1. The summed E-state index contributed by atoms with van der Waals surface area (Å²) in [7, 11) is 1.70. The largest absolute Gasteiger partial charge is 0.480 e. The molecule has 1 atom stereocenters. The standard InChI is InChI=1S/C14H26N2O3/c1-10(2)9-16(3)14(19)15-12(13(17)18)11-7-5-4-6-8-11/h10-12H,4-9H2,1-3H3,(H,15,19)(H,17,18). The molecule has 1 unspecified atom stereocenters. The Kier molecular flexibility index (Phi) is 6.12. The van der Waals surface area contributed by atoms with E-state index in [1.807, 2.05) is 13.8 Å². The second-order valence-corrected chi connectivity index (χ2v) is 5.94. The SMILES string of the molecule is CC(C)CN(C)C(=O)NC(C(=O)O)C1CCCCC1. The highest BCUT2D eigenvalue weighted by Crippen LogP contribution is 2.26. The van der Waals surface area contributed by atoms with E-state index in [2.05, 4.69) is 5.32 Å². The summed E-state index contributed by atoms with van der Waals surface area (Å²) in [5.74, 6) is -0.477. The van der Waals surface area contributed by atoms with Gasteiger partial charge in [-0.1, -0.05) is 33.1 Å². The zero-order valence-corrected chi connectivity index (χ0v) is 12.2. The maximum atomic E-state index is 12.0. The second-order valence-electron chi connectivity index (χ2n) is 5.94. The number of carboxylic acid groups (broad SMARTS) is 1. The van der Waals surface area contributed by atoms with Gasteiger partial charge in [-0.3, -0.25) is 0 Å². The van der Waals surface area contributed by atoms with Crippen molar-refractivity contribution in [3.63, 3.8) is 0 Å². The van der Waals surface area contributed by atoms with E-state index < -0.39 is 12.0 Å². The van der Waals surface area contributed by atoms with Crippen LogP contribution in [0.15, 0.2) is 0 Å². The third-order valence-electron chi connectivity index (χ3n) is 3.65. The molecule has 2 N–H and O–H groups in total. The molecule has 1 rings (SSSR count). The van der Waals surface area contributed by atoms with Crippen molar-refractivity contribution in [3.8, 4) is 0 Å². The van der Waals surface area contributed by atoms with Gasteiger partial charge in [0, 0.05) is 13.6 Å². The smallest absolute Gasteiger partial charge is 0.326 e. The van der Waals surface area contributed by atoms with E-state index in [0.717, 1.165) is 25.7 Å². The second kappa shape index (κ2) is 7.36. The first-order valence-electron chi connectivity index (χ1n) is 7.16. The zero-order chi connectivity index (χ0) is 14.4. The van der Waals surface area contributed by atoms with Crippen molar-refractivity contribution in [3.05, 3.63) is 0 Å². The van der Waals surface area contributed by atoms with E-state index >= 15 is 0 Å². The van der Waals surface area contributed by atoms with Gasteiger partial charge >= 0.3 is 12.0 Å². The van der Waals surface area contributed by atoms with Crippen LogP contribution in [-0.2, 0) is 4.79 Å². The monoisotopic (exact) mass is 270 g/mol. The summed E-state index contributed by atoms with van der Waals surface area (Å²) in [6, 6.07) is -1.03. The van der Waals surface area contributed by atoms with Crippen LogP contribution in [0.3, 0.4) is 0 Å². The predicted octanol–water partition coefficient (Wildman–Crippen LogP) is 2.32. The Morgan fingerprint density at radius 2 is 1.84 bits per heavy atom. The maximum absolute atomic E-state index is 12.0. The number of amides is 2. The highest BCUT2D eigenvalue weighted by Gasteiger charge is 2.31. The van der Waals surface area contributed by atoms with Crippen molar-refractivity contribution in [2.45, 2.75) is 52.0 Å². The molecule has 0 spiro atoms. The molecule has 1 fully saturated rings. The Labute approximate surface area is 115 Å². The van der Waals surface area contributed by atoms with Crippen molar-refractivity contribution in [1.82, 2.24) is 10.2 Å². The Morgan fingerprint density at radius 3 is 2.32 bits per heavy atom. The maximum Gasteiger partial charge on any atom is 0.326 e. The molecule has 0 saturated heterocycles. The lowest BCUT2D eigenvalue weighted by atomic mass is 9.84. The lowest BCUT2D eigenvalue weighted by Crippen LogP contribution is -2.51. The van der Waals surface area contributed by atoms with Crippen LogP contribution in [0.4, 0.5) is 4.79 Å². The number of carboxylic acids is 1. The molecule has 0 aromatic rings. The molecule has 1 aliphatic rings. The summed E-state index contributed by atoms with van der Waals surface area (Å²) >= 11 is 0. The summed E-state index contributed by atoms with van der Waals surface area (Å²) in [6.45, 7) is 4.68. The summed E-state index contributed by atoms with van der Waals surface area (Å²) in [5, 5.41) is 12.0. The third kappa shape index (κ3) is 5.09. The van der Waals surface area contributed by atoms with Crippen LogP contribution in [0.2, 0.25) is 0 Å². The van der Waals surface area contributed by atoms with Crippen LogP contribution in [0, 0.1) is 11.8 Å². The normalized spacial score (nSPS) is 18.1. The van der Waals surface area contributed by atoms with Gasteiger partial charge in [-0.05, 0) is 24.7 Å². The highest BCUT2D eigenvalue weighted by molar-refractivity contribution is 5.82. The number of rotatable bonds is 5. The quantitative estimate of drug-likeness (QED) is 0.805. The minimum atomic E-state index is -0.918. The van der Waals surface area contributed by atoms with Crippen molar-refractivity contribution in [1.29, 1.82) is 0 Å². The molecule has 0 heterocycles. The van der Waals surface area contributed by atoms with Crippen molar-refractivity contribution in [2.75, 3.05) is 13.6 Å². The molecule has 110 valence electrons. The van der Waals surface area contributed by atoms with E-state index in [4.69, 9.17) is 0 Å². The van der Waals surface area contributed by atoms with E-state index in [1.54, 1.807) is 11.9 Å². The van der Waals surface area contributed by atoms with Gasteiger partial charge in [0.1, 0.15) is 6.04 Å². The zero-order valence-electron chi connectivity index (χ0n) is 12.2. The number of hydrogen-bond acceptors (Lipinski definition) is 2. The Balaban J connectivity index is 2.57. The molecular weight excluding hydrogens is 244 g/mol. The molecule has 0 radical (unpaired) electrons. The number of aliphatic carboxylic acids is 1. The molecular formula is C14H26N2O3. The predicted molar refractivity (Wildman–Crippen MR) is 74.0 cm³/mol. The number of hydrogen-bond donors (Lipinski definition) is 2. The lowest BCUT2D eigenvalue weighted by Gasteiger charge is -2.30. The van der Waals surface area contributed by atoms with E-state index in [1.165, 1.54) is 6.42 Å². The lowest BCUT2D eigenvalue weighted by molar-refractivity contribution is -0.141. The molecule has 2 amide bonds. The Hall–Kier alpha value is -1.26. The molecule has 1 aliphatic carbocycles. The van der Waals surface area contributed by atoms with Crippen molar-refractivity contribution in [2.24, 2.45) is 11.8 Å². The summed E-state index contributed by atoms with van der Waals surface area (Å²) in [4.78, 5) is 24.9. The molecule has 5 nitrogen and oxygen atoms in total. The average Bonchev–Trinajstić information content (AvgIpc) is 2.35. The molecule has 0 bridgehead atoms. The first kappa shape index (κ1) is 15.8. The van der Waals surface area contributed by atoms with Crippen LogP contribution in [0.25, 0.3) is 0 Å². The number of nitrogens with zero attached hydrogens (tertiary/aromatic N) is 1. The van der Waals surface area contributed by atoms with Crippen LogP contribution < -0.4 is 5.32 Å². The number of urea groups is 1. The van der Waals surface area contributed by atoms with Gasteiger partial charge in [-0.25, -0.2) is 9.59 Å². The molecule has 19 heavy (non-hydrogen) atoms. The Bertz CT molecular complexity index is 312. The van der Waals surface area contributed by atoms with Gasteiger partial charge in [-0.2, -0.15) is 0 Å². The van der Waals surface area contributed by atoms with E-state index in [0.29, 0.717) is 12.5 Å². The summed E-state index contributed by atoms with van der Waals surface area (Å²) in [5.41, 5.74) is 0. The van der Waals surface area contributed by atoms with E-state index in [-0.39, 0.29) is 11.9 Å². The molecule has 0 aromatic heterocycles. The fraction of sp³-hybridized carbons (Fsp3) is 0.857. The number of carbonyl (C=O) groups excluding carboxylic acids is 1. The number of carbonyl (C=O) groups is 2. The van der Waals surface area contributed by atoms with Gasteiger partial charge in [0.2, 0.25) is 0 Å². The first-order chi connectivity index (χ1) is 8.91. The van der Waals surface area contributed by atoms with Gasteiger partial charge in [0.05, 0.1) is 0 Å². The fourth-order valence-electron chi connectivity index (χ4n) is 2.72. The van der Waals surface area contributed by atoms with Crippen LogP contribution in [0.5, 0.6) is 0 Å². The molecule has 5 heteroatoms. The topological polar surface area (TPSA) is 69.6 Å². The average molecular weight is 270 g/mol. The minimum absolute atomic E-state index is 0.0719. The highest BCUT2D eigenvalue weighted by atomic mass is 16.4.